The Morgan fingerprint density at radius 1 is 1.40 bits per heavy atom. The van der Waals surface area contributed by atoms with Gasteiger partial charge in [-0.25, -0.2) is 0 Å². The first-order valence-electron chi connectivity index (χ1n) is 4.77. The minimum atomic E-state index is 0. The normalized spacial score (nSPS) is 12.3. The molecule has 0 aromatic heterocycles. The molecule has 1 aromatic rings. The molecule has 0 aliphatic carbocycles. The summed E-state index contributed by atoms with van der Waals surface area (Å²) in [6.45, 7) is 3.73. The van der Waals surface area contributed by atoms with Crippen LogP contribution in [0, 0.1) is 0 Å². The predicted molar refractivity (Wildman–Crippen MR) is 68.7 cm³/mol. The van der Waals surface area contributed by atoms with Gasteiger partial charge in [0.2, 0.25) is 0 Å². The fraction of sp³-hybridized carbons (Fsp3) is 0.455. The topological polar surface area (TPSA) is 29.3 Å². The number of halogens is 2. The third-order valence-corrected chi connectivity index (χ3v) is 2.37. The van der Waals surface area contributed by atoms with Gasteiger partial charge in [0.15, 0.2) is 0 Å². The summed E-state index contributed by atoms with van der Waals surface area (Å²) in [4.78, 5) is 2.17. The van der Waals surface area contributed by atoms with E-state index in [4.69, 9.17) is 17.3 Å². The van der Waals surface area contributed by atoms with Gasteiger partial charge in [-0.2, -0.15) is 0 Å². The van der Waals surface area contributed by atoms with Gasteiger partial charge < -0.3 is 10.6 Å². The van der Waals surface area contributed by atoms with E-state index in [-0.39, 0.29) is 18.4 Å². The maximum Gasteiger partial charge on any atom is 0.0451 e. The Morgan fingerprint density at radius 3 is 2.53 bits per heavy atom. The Bertz CT molecular complexity index is 290. The summed E-state index contributed by atoms with van der Waals surface area (Å²) in [7, 11) is 2.05. The molecule has 15 heavy (non-hydrogen) atoms. The second kappa shape index (κ2) is 7.07. The minimum Gasteiger partial charge on any atom is -0.327 e. The van der Waals surface area contributed by atoms with Gasteiger partial charge in [0.05, 0.1) is 0 Å². The van der Waals surface area contributed by atoms with Crippen LogP contribution in [0.25, 0.3) is 0 Å². The lowest BCUT2D eigenvalue weighted by Crippen LogP contribution is -2.32. The van der Waals surface area contributed by atoms with Crippen molar-refractivity contribution >= 4 is 24.0 Å². The van der Waals surface area contributed by atoms with Gasteiger partial charge in [-0.15, -0.1) is 12.4 Å². The number of hydrogen-bond donors (Lipinski definition) is 1. The molecular weight excluding hydrogens is 231 g/mol. The van der Waals surface area contributed by atoms with Crippen LogP contribution in [0.2, 0.25) is 5.02 Å². The lowest BCUT2D eigenvalue weighted by atomic mass is 10.2. The average molecular weight is 249 g/mol. The van der Waals surface area contributed by atoms with E-state index in [9.17, 15) is 0 Å². The molecule has 0 aliphatic rings. The molecule has 86 valence electrons. The van der Waals surface area contributed by atoms with E-state index in [1.54, 1.807) is 0 Å². The maximum atomic E-state index is 6.05. The molecule has 1 atom stereocenters. The summed E-state index contributed by atoms with van der Waals surface area (Å²) in [5.74, 6) is 0. The first kappa shape index (κ1) is 14.7. The van der Waals surface area contributed by atoms with Crippen molar-refractivity contribution in [1.29, 1.82) is 0 Å². The number of nitrogens with zero attached hydrogens (tertiary/aromatic N) is 1. The standard InChI is InChI=1S/C11H17ClN2.ClH/c1-9(13)7-14(2)8-10-5-3-4-6-11(10)12;/h3-6,9H,7-8,13H2,1-2H3;1H. The van der Waals surface area contributed by atoms with E-state index in [1.807, 2.05) is 38.2 Å². The lowest BCUT2D eigenvalue weighted by molar-refractivity contribution is 0.310. The second-order valence-electron chi connectivity index (χ2n) is 3.77. The summed E-state index contributed by atoms with van der Waals surface area (Å²) in [5.41, 5.74) is 6.86. The molecule has 0 aliphatic heterocycles. The Labute approximate surface area is 103 Å². The fourth-order valence-corrected chi connectivity index (χ4v) is 1.67. The molecule has 4 heteroatoms. The summed E-state index contributed by atoms with van der Waals surface area (Å²) >= 11 is 6.05. The molecule has 2 N–H and O–H groups in total. The van der Waals surface area contributed by atoms with Crippen LogP contribution in [0.3, 0.4) is 0 Å². The SMILES string of the molecule is CC(N)CN(C)Cc1ccccc1Cl.Cl. The van der Waals surface area contributed by atoms with Gasteiger partial charge in [-0.3, -0.25) is 0 Å². The van der Waals surface area contributed by atoms with Crippen LogP contribution in [0.15, 0.2) is 24.3 Å². The molecule has 2 nitrogen and oxygen atoms in total. The van der Waals surface area contributed by atoms with E-state index < -0.39 is 0 Å². The number of likely N-dealkylation sites (N-methyl/N-ethyl adjacent to an activating group) is 1. The fourth-order valence-electron chi connectivity index (χ4n) is 1.47. The molecular formula is C11H18Cl2N2. The third-order valence-electron chi connectivity index (χ3n) is 2.00. The van der Waals surface area contributed by atoms with Gasteiger partial charge >= 0.3 is 0 Å². The summed E-state index contributed by atoms with van der Waals surface area (Å²) in [6.07, 6.45) is 0. The molecule has 0 saturated carbocycles. The zero-order valence-electron chi connectivity index (χ0n) is 9.11. The zero-order valence-corrected chi connectivity index (χ0v) is 10.7. The van der Waals surface area contributed by atoms with E-state index >= 15 is 0 Å². The van der Waals surface area contributed by atoms with Crippen molar-refractivity contribution < 1.29 is 0 Å². The first-order valence-corrected chi connectivity index (χ1v) is 5.15. The van der Waals surface area contributed by atoms with E-state index in [1.165, 1.54) is 0 Å². The monoisotopic (exact) mass is 248 g/mol. The smallest absolute Gasteiger partial charge is 0.0451 e. The highest BCUT2D eigenvalue weighted by molar-refractivity contribution is 6.31. The molecule has 1 unspecified atom stereocenters. The van der Waals surface area contributed by atoms with Crippen LogP contribution in [-0.2, 0) is 6.54 Å². The number of hydrogen-bond acceptors (Lipinski definition) is 2. The van der Waals surface area contributed by atoms with Crippen molar-refractivity contribution in [1.82, 2.24) is 4.90 Å². The Hall–Kier alpha value is -0.280. The molecule has 0 heterocycles. The van der Waals surface area contributed by atoms with E-state index in [0.717, 1.165) is 23.7 Å². The average Bonchev–Trinajstić information content (AvgIpc) is 2.07. The predicted octanol–water partition coefficient (Wildman–Crippen LogP) is 2.54. The van der Waals surface area contributed by atoms with Gasteiger partial charge in [0, 0.05) is 24.2 Å². The summed E-state index contributed by atoms with van der Waals surface area (Å²) in [5, 5.41) is 0.823. The number of benzene rings is 1. The van der Waals surface area contributed by atoms with Crippen LogP contribution in [-0.4, -0.2) is 24.5 Å². The summed E-state index contributed by atoms with van der Waals surface area (Å²) < 4.78 is 0. The highest BCUT2D eigenvalue weighted by atomic mass is 35.5. The largest absolute Gasteiger partial charge is 0.327 e. The molecule has 0 fully saturated rings. The molecule has 0 radical (unpaired) electrons. The Balaban J connectivity index is 0.00000196. The zero-order chi connectivity index (χ0) is 10.6. The summed E-state index contributed by atoms with van der Waals surface area (Å²) in [6, 6.07) is 8.09. The highest BCUT2D eigenvalue weighted by Gasteiger charge is 2.05. The van der Waals surface area contributed by atoms with Gasteiger partial charge in [0.25, 0.3) is 0 Å². The molecule has 0 bridgehead atoms. The quantitative estimate of drug-likeness (QED) is 0.888. The minimum absolute atomic E-state index is 0. The van der Waals surface area contributed by atoms with Crippen molar-refractivity contribution in [2.45, 2.75) is 19.5 Å². The van der Waals surface area contributed by atoms with Crippen LogP contribution >= 0.6 is 24.0 Å². The van der Waals surface area contributed by atoms with Crippen LogP contribution in [0.5, 0.6) is 0 Å². The van der Waals surface area contributed by atoms with Crippen LogP contribution in [0.4, 0.5) is 0 Å². The Kier molecular flexibility index (Phi) is 6.94. The number of rotatable bonds is 4. The van der Waals surface area contributed by atoms with Crippen molar-refractivity contribution in [3.05, 3.63) is 34.9 Å². The van der Waals surface area contributed by atoms with E-state index in [2.05, 4.69) is 4.90 Å². The van der Waals surface area contributed by atoms with Crippen molar-refractivity contribution in [2.24, 2.45) is 5.73 Å². The lowest BCUT2D eigenvalue weighted by Gasteiger charge is -2.19. The van der Waals surface area contributed by atoms with Gasteiger partial charge in [-0.1, -0.05) is 29.8 Å². The van der Waals surface area contributed by atoms with E-state index in [0.29, 0.717) is 0 Å². The maximum absolute atomic E-state index is 6.05. The van der Waals surface area contributed by atoms with Crippen LogP contribution < -0.4 is 5.73 Å². The van der Waals surface area contributed by atoms with Crippen molar-refractivity contribution in [2.75, 3.05) is 13.6 Å². The van der Waals surface area contributed by atoms with Gasteiger partial charge in [0.1, 0.15) is 0 Å². The molecule has 1 aromatic carbocycles. The number of nitrogens with two attached hydrogens (primary N) is 1. The molecule has 0 spiro atoms. The van der Waals surface area contributed by atoms with Crippen LogP contribution in [0.1, 0.15) is 12.5 Å². The second-order valence-corrected chi connectivity index (χ2v) is 4.17. The molecule has 1 rings (SSSR count). The molecule has 0 saturated heterocycles. The van der Waals surface area contributed by atoms with Gasteiger partial charge in [-0.05, 0) is 25.6 Å². The third kappa shape index (κ3) is 5.38. The molecule has 0 amide bonds. The Morgan fingerprint density at radius 2 is 2.00 bits per heavy atom. The van der Waals surface area contributed by atoms with Crippen molar-refractivity contribution in [3.8, 4) is 0 Å². The first-order chi connectivity index (χ1) is 6.59. The highest BCUT2D eigenvalue weighted by Crippen LogP contribution is 2.16. The van der Waals surface area contributed by atoms with Crippen molar-refractivity contribution in [3.63, 3.8) is 0 Å².